The molecular formula is C7H8O2. The Balaban J connectivity index is 2.66. The molecule has 1 rings (SSSR count). The van der Waals surface area contributed by atoms with E-state index < -0.39 is 0 Å². The molecular weight excluding hydrogens is 116 g/mol. The van der Waals surface area contributed by atoms with Crippen molar-refractivity contribution in [1.82, 2.24) is 0 Å². The lowest BCUT2D eigenvalue weighted by molar-refractivity contribution is -0.110. The smallest absolute Gasteiger partial charge is 0.178 e. The first kappa shape index (κ1) is 6.23. The van der Waals surface area contributed by atoms with Gasteiger partial charge in [0.05, 0.1) is 6.61 Å². The molecule has 48 valence electrons. The molecule has 9 heavy (non-hydrogen) atoms. The summed E-state index contributed by atoms with van der Waals surface area (Å²) < 4.78 is 0. The molecule has 1 aliphatic carbocycles. The highest BCUT2D eigenvalue weighted by molar-refractivity contribution is 6.00. The van der Waals surface area contributed by atoms with Crippen LogP contribution in [0.15, 0.2) is 23.8 Å². The van der Waals surface area contributed by atoms with Crippen LogP contribution in [0.25, 0.3) is 0 Å². The Morgan fingerprint density at radius 3 is 2.89 bits per heavy atom. The molecule has 2 nitrogen and oxygen atoms in total. The lowest BCUT2D eigenvalue weighted by Gasteiger charge is -2.01. The highest BCUT2D eigenvalue weighted by Crippen LogP contribution is 2.06. The van der Waals surface area contributed by atoms with E-state index >= 15 is 0 Å². The van der Waals surface area contributed by atoms with Crippen molar-refractivity contribution in [3.05, 3.63) is 23.8 Å². The number of rotatable bonds is 1. The monoisotopic (exact) mass is 124 g/mol. The van der Waals surface area contributed by atoms with Crippen molar-refractivity contribution in [1.29, 1.82) is 0 Å². The number of allylic oxidation sites excluding steroid dienone is 3. The van der Waals surface area contributed by atoms with Crippen molar-refractivity contribution in [2.24, 2.45) is 0 Å². The summed E-state index contributed by atoms with van der Waals surface area (Å²) in [4.78, 5) is 10.6. The fourth-order valence-electron chi connectivity index (χ4n) is 0.745. The third kappa shape index (κ3) is 1.50. The minimum Gasteiger partial charge on any atom is -0.392 e. The number of ketones is 1. The summed E-state index contributed by atoms with van der Waals surface area (Å²) in [5.41, 5.74) is 0.794. The molecule has 0 spiro atoms. The second kappa shape index (κ2) is 2.60. The number of hydrogen-bond acceptors (Lipinski definition) is 2. The van der Waals surface area contributed by atoms with Gasteiger partial charge in [-0.1, -0.05) is 6.08 Å². The molecule has 0 saturated heterocycles. The van der Waals surface area contributed by atoms with Gasteiger partial charge in [-0.25, -0.2) is 0 Å². The second-order valence-electron chi connectivity index (χ2n) is 1.97. The molecule has 0 bridgehead atoms. The SMILES string of the molecule is O=C1C=CCC(CO)=C1. The Hall–Kier alpha value is -0.890. The van der Waals surface area contributed by atoms with Crippen molar-refractivity contribution in [2.45, 2.75) is 6.42 Å². The van der Waals surface area contributed by atoms with Crippen LogP contribution in [-0.4, -0.2) is 17.5 Å². The predicted octanol–water partition coefficient (Wildman–Crippen LogP) is 0.434. The van der Waals surface area contributed by atoms with Crippen LogP contribution in [0.4, 0.5) is 0 Å². The van der Waals surface area contributed by atoms with E-state index in [-0.39, 0.29) is 12.4 Å². The number of aliphatic hydroxyl groups is 1. The number of aliphatic hydroxyl groups excluding tert-OH is 1. The quantitative estimate of drug-likeness (QED) is 0.550. The maximum Gasteiger partial charge on any atom is 0.178 e. The summed E-state index contributed by atoms with van der Waals surface area (Å²) in [5, 5.41) is 8.55. The largest absolute Gasteiger partial charge is 0.392 e. The van der Waals surface area contributed by atoms with E-state index in [9.17, 15) is 4.79 Å². The van der Waals surface area contributed by atoms with Gasteiger partial charge in [0.2, 0.25) is 0 Å². The number of carbonyl (C=O) groups is 1. The van der Waals surface area contributed by atoms with Gasteiger partial charge in [0.15, 0.2) is 5.78 Å². The molecule has 1 N–H and O–H groups in total. The maximum absolute atomic E-state index is 10.6. The van der Waals surface area contributed by atoms with Crippen molar-refractivity contribution in [3.63, 3.8) is 0 Å². The van der Waals surface area contributed by atoms with Gasteiger partial charge in [0.25, 0.3) is 0 Å². The van der Waals surface area contributed by atoms with Crippen molar-refractivity contribution >= 4 is 5.78 Å². The van der Waals surface area contributed by atoms with Crippen LogP contribution >= 0.6 is 0 Å². The van der Waals surface area contributed by atoms with E-state index in [1.807, 2.05) is 0 Å². The van der Waals surface area contributed by atoms with Crippen LogP contribution in [0.3, 0.4) is 0 Å². The molecule has 0 atom stereocenters. The highest BCUT2D eigenvalue weighted by atomic mass is 16.3. The molecule has 0 aliphatic heterocycles. The van der Waals surface area contributed by atoms with Crippen molar-refractivity contribution < 1.29 is 9.90 Å². The van der Waals surface area contributed by atoms with Gasteiger partial charge in [0.1, 0.15) is 0 Å². The summed E-state index contributed by atoms with van der Waals surface area (Å²) in [5.74, 6) is -0.0229. The first-order chi connectivity index (χ1) is 4.33. The summed E-state index contributed by atoms with van der Waals surface area (Å²) in [6.45, 7) is -0.00389. The molecule has 1 aliphatic rings. The van der Waals surface area contributed by atoms with E-state index in [0.29, 0.717) is 6.42 Å². The van der Waals surface area contributed by atoms with E-state index in [1.54, 1.807) is 6.08 Å². The van der Waals surface area contributed by atoms with Gasteiger partial charge in [-0.05, 0) is 24.1 Å². The Morgan fingerprint density at radius 1 is 1.67 bits per heavy atom. The van der Waals surface area contributed by atoms with E-state index in [1.165, 1.54) is 12.2 Å². The second-order valence-corrected chi connectivity index (χ2v) is 1.97. The molecule has 0 heterocycles. The molecule has 0 radical (unpaired) electrons. The average molecular weight is 124 g/mol. The summed E-state index contributed by atoms with van der Waals surface area (Å²) in [6.07, 6.45) is 5.45. The number of hydrogen-bond donors (Lipinski definition) is 1. The van der Waals surface area contributed by atoms with Crippen LogP contribution in [0.5, 0.6) is 0 Å². The first-order valence-corrected chi connectivity index (χ1v) is 2.84. The van der Waals surface area contributed by atoms with Crippen LogP contribution in [0.2, 0.25) is 0 Å². The minimum absolute atomic E-state index is 0.00389. The lowest BCUT2D eigenvalue weighted by atomic mass is 10.1. The highest BCUT2D eigenvalue weighted by Gasteiger charge is 2.01. The first-order valence-electron chi connectivity index (χ1n) is 2.84. The van der Waals surface area contributed by atoms with Crippen LogP contribution in [0.1, 0.15) is 6.42 Å². The molecule has 0 fully saturated rings. The summed E-state index contributed by atoms with van der Waals surface area (Å²) >= 11 is 0. The van der Waals surface area contributed by atoms with Gasteiger partial charge in [-0.2, -0.15) is 0 Å². The van der Waals surface area contributed by atoms with E-state index in [0.717, 1.165) is 5.57 Å². The van der Waals surface area contributed by atoms with Gasteiger partial charge in [0, 0.05) is 0 Å². The van der Waals surface area contributed by atoms with Gasteiger partial charge in [-0.15, -0.1) is 0 Å². The third-order valence-electron chi connectivity index (χ3n) is 1.21. The Bertz CT molecular complexity index is 177. The molecule has 0 amide bonds. The van der Waals surface area contributed by atoms with Gasteiger partial charge < -0.3 is 5.11 Å². The molecule has 0 unspecified atom stereocenters. The summed E-state index contributed by atoms with van der Waals surface area (Å²) in [7, 11) is 0. The molecule has 0 aromatic heterocycles. The fourth-order valence-corrected chi connectivity index (χ4v) is 0.745. The van der Waals surface area contributed by atoms with Gasteiger partial charge in [-0.3, -0.25) is 4.79 Å². The Kier molecular flexibility index (Phi) is 1.80. The van der Waals surface area contributed by atoms with Crippen LogP contribution in [0, 0.1) is 0 Å². The van der Waals surface area contributed by atoms with E-state index in [4.69, 9.17) is 5.11 Å². The zero-order valence-electron chi connectivity index (χ0n) is 5.00. The van der Waals surface area contributed by atoms with Gasteiger partial charge >= 0.3 is 0 Å². The average Bonchev–Trinajstić information content (AvgIpc) is 1.88. The third-order valence-corrected chi connectivity index (χ3v) is 1.21. The maximum atomic E-state index is 10.6. The molecule has 2 heteroatoms. The van der Waals surface area contributed by atoms with Crippen LogP contribution < -0.4 is 0 Å². The predicted molar refractivity (Wildman–Crippen MR) is 33.9 cm³/mol. The van der Waals surface area contributed by atoms with Crippen LogP contribution in [-0.2, 0) is 4.79 Å². The zero-order valence-corrected chi connectivity index (χ0v) is 5.00. The number of carbonyl (C=O) groups excluding carboxylic acids is 1. The molecule has 0 saturated carbocycles. The van der Waals surface area contributed by atoms with E-state index in [2.05, 4.69) is 0 Å². The summed E-state index contributed by atoms with van der Waals surface area (Å²) in [6, 6.07) is 0. The minimum atomic E-state index is -0.0229. The Labute approximate surface area is 53.5 Å². The topological polar surface area (TPSA) is 37.3 Å². The fraction of sp³-hybridized carbons (Fsp3) is 0.286. The standard InChI is InChI=1S/C7H8O2/c8-5-6-2-1-3-7(9)4-6/h1,3-4,8H,2,5H2. The van der Waals surface area contributed by atoms with Crippen molar-refractivity contribution in [2.75, 3.05) is 6.61 Å². The molecule has 0 aromatic carbocycles. The Morgan fingerprint density at radius 2 is 2.44 bits per heavy atom. The molecule has 0 aromatic rings. The van der Waals surface area contributed by atoms with Crippen molar-refractivity contribution in [3.8, 4) is 0 Å². The zero-order chi connectivity index (χ0) is 6.69. The lowest BCUT2D eigenvalue weighted by Crippen LogP contribution is -1.99. The normalized spacial score (nSPS) is 17.9.